The van der Waals surface area contributed by atoms with E-state index in [1.54, 1.807) is 0 Å². The van der Waals surface area contributed by atoms with Crippen LogP contribution in [0.1, 0.15) is 19.5 Å². The van der Waals surface area contributed by atoms with Gasteiger partial charge in [0.25, 0.3) is 0 Å². The maximum absolute atomic E-state index is 2.47. The van der Waals surface area contributed by atoms with Crippen LogP contribution in [0.15, 0.2) is 36.4 Å². The number of pyridine rings is 1. The second-order valence-corrected chi connectivity index (χ2v) is 4.71. The van der Waals surface area contributed by atoms with E-state index in [4.69, 9.17) is 0 Å². The molecule has 2 nitrogen and oxygen atoms in total. The van der Waals surface area contributed by atoms with Crippen molar-refractivity contribution < 1.29 is 4.57 Å². The van der Waals surface area contributed by atoms with E-state index in [0.29, 0.717) is 0 Å². The number of rotatable bonds is 5. The van der Waals surface area contributed by atoms with Gasteiger partial charge in [-0.05, 0) is 25.2 Å². The number of hydrogen-bond acceptors (Lipinski definition) is 1. The van der Waals surface area contributed by atoms with Gasteiger partial charge >= 0.3 is 0 Å². The van der Waals surface area contributed by atoms with Gasteiger partial charge < -0.3 is 0 Å². The summed E-state index contributed by atoms with van der Waals surface area (Å²) in [6, 6.07) is 13.0. The normalized spacial score (nSPS) is 11.3. The highest BCUT2D eigenvalue weighted by Gasteiger charge is 2.12. The Bertz CT molecular complexity index is 515. The lowest BCUT2D eigenvalue weighted by Crippen LogP contribution is -2.43. The molecule has 96 valence electrons. The number of para-hydroxylation sites is 1. The molecule has 2 heteroatoms. The first-order valence-electron chi connectivity index (χ1n) is 6.86. The molecule has 0 radical (unpaired) electrons. The Balaban J connectivity index is 2.29. The third-order valence-corrected chi connectivity index (χ3v) is 3.69. The van der Waals surface area contributed by atoms with Crippen molar-refractivity contribution in [1.29, 1.82) is 0 Å². The molecule has 1 heterocycles. The van der Waals surface area contributed by atoms with E-state index < -0.39 is 0 Å². The maximum Gasteiger partial charge on any atom is 0.212 e. The van der Waals surface area contributed by atoms with E-state index in [9.17, 15) is 0 Å². The van der Waals surface area contributed by atoms with Gasteiger partial charge in [0, 0.05) is 24.4 Å². The molecule has 0 saturated carbocycles. The molecule has 0 N–H and O–H groups in total. The first-order valence-corrected chi connectivity index (χ1v) is 6.86. The maximum atomic E-state index is 2.47. The van der Waals surface area contributed by atoms with Crippen LogP contribution in [0.2, 0.25) is 0 Å². The Morgan fingerprint density at radius 3 is 2.44 bits per heavy atom. The Morgan fingerprint density at radius 1 is 1.00 bits per heavy atom. The molecule has 0 saturated heterocycles. The Labute approximate surface area is 110 Å². The second-order valence-electron chi connectivity index (χ2n) is 4.71. The predicted molar refractivity (Wildman–Crippen MR) is 76.7 cm³/mol. The van der Waals surface area contributed by atoms with Crippen LogP contribution in [0.5, 0.6) is 0 Å². The van der Waals surface area contributed by atoms with Gasteiger partial charge in [-0.3, -0.25) is 4.90 Å². The minimum atomic E-state index is 1.06. The minimum Gasteiger partial charge on any atom is -0.298 e. The standard InChI is InChI=1S/C16H23N2/c1-4-17(5-2)12-13-18-14(3)10-11-15-8-6-7-9-16(15)18/h6-11H,4-5,12-13H2,1-3H3/q+1. The molecule has 18 heavy (non-hydrogen) atoms. The first-order chi connectivity index (χ1) is 8.76. The smallest absolute Gasteiger partial charge is 0.212 e. The number of nitrogens with zero attached hydrogens (tertiary/aromatic N) is 2. The Morgan fingerprint density at radius 2 is 1.72 bits per heavy atom. The number of benzene rings is 1. The molecule has 0 fully saturated rings. The lowest BCUT2D eigenvalue weighted by molar-refractivity contribution is -0.677. The van der Waals surface area contributed by atoms with Crippen molar-refractivity contribution in [2.24, 2.45) is 0 Å². The summed E-state index contributed by atoms with van der Waals surface area (Å²) in [6.45, 7) is 11.1. The molecular weight excluding hydrogens is 220 g/mol. The third kappa shape index (κ3) is 2.70. The van der Waals surface area contributed by atoms with Gasteiger partial charge in [0.2, 0.25) is 5.52 Å². The Hall–Kier alpha value is -1.41. The summed E-state index contributed by atoms with van der Waals surface area (Å²) in [5.74, 6) is 0. The molecule has 0 aliphatic rings. The third-order valence-electron chi connectivity index (χ3n) is 3.69. The van der Waals surface area contributed by atoms with Crippen LogP contribution in [0, 0.1) is 6.92 Å². The summed E-state index contributed by atoms with van der Waals surface area (Å²) in [5, 5.41) is 1.32. The molecule has 0 unspecified atom stereocenters. The molecular formula is C16H23N2+. The number of aryl methyl sites for hydroxylation is 1. The van der Waals surface area contributed by atoms with Crippen molar-refractivity contribution in [3.05, 3.63) is 42.1 Å². The van der Waals surface area contributed by atoms with Gasteiger partial charge in [0.15, 0.2) is 12.2 Å². The number of hydrogen-bond donors (Lipinski definition) is 0. The molecule has 1 aromatic carbocycles. The Kier molecular flexibility index (Phi) is 4.32. The summed E-state index contributed by atoms with van der Waals surface area (Å²) < 4.78 is 2.42. The van der Waals surface area contributed by atoms with Gasteiger partial charge in [0.05, 0.1) is 6.54 Å². The van der Waals surface area contributed by atoms with E-state index in [0.717, 1.165) is 26.2 Å². The number of likely N-dealkylation sites (N-methyl/N-ethyl adjacent to an activating group) is 1. The van der Waals surface area contributed by atoms with Crippen LogP contribution in [0.25, 0.3) is 10.9 Å². The summed E-state index contributed by atoms with van der Waals surface area (Å²) >= 11 is 0. The van der Waals surface area contributed by atoms with E-state index in [1.807, 2.05) is 0 Å². The average molecular weight is 243 g/mol. The van der Waals surface area contributed by atoms with E-state index >= 15 is 0 Å². The van der Waals surface area contributed by atoms with Crippen molar-refractivity contribution in [3.8, 4) is 0 Å². The van der Waals surface area contributed by atoms with Gasteiger partial charge in [-0.15, -0.1) is 0 Å². The zero-order valence-electron chi connectivity index (χ0n) is 11.7. The SMILES string of the molecule is CCN(CC)CC[n+]1c(C)ccc2ccccc21. The average Bonchev–Trinajstić information content (AvgIpc) is 2.42. The van der Waals surface area contributed by atoms with Gasteiger partial charge in [-0.25, -0.2) is 0 Å². The molecule has 2 aromatic rings. The fourth-order valence-corrected chi connectivity index (χ4v) is 2.44. The van der Waals surface area contributed by atoms with Crippen molar-refractivity contribution in [2.75, 3.05) is 19.6 Å². The van der Waals surface area contributed by atoms with Crippen LogP contribution < -0.4 is 4.57 Å². The lowest BCUT2D eigenvalue weighted by Gasteiger charge is -2.16. The van der Waals surface area contributed by atoms with E-state index in [1.165, 1.54) is 16.6 Å². The van der Waals surface area contributed by atoms with E-state index in [-0.39, 0.29) is 0 Å². The van der Waals surface area contributed by atoms with Crippen LogP contribution >= 0.6 is 0 Å². The van der Waals surface area contributed by atoms with Gasteiger partial charge in [0.1, 0.15) is 0 Å². The monoisotopic (exact) mass is 243 g/mol. The quantitative estimate of drug-likeness (QED) is 0.732. The van der Waals surface area contributed by atoms with Crippen LogP contribution in [0.3, 0.4) is 0 Å². The van der Waals surface area contributed by atoms with Crippen molar-refractivity contribution in [3.63, 3.8) is 0 Å². The van der Waals surface area contributed by atoms with E-state index in [2.05, 4.69) is 66.6 Å². The first kappa shape index (κ1) is 13.0. The van der Waals surface area contributed by atoms with Crippen LogP contribution in [-0.4, -0.2) is 24.5 Å². The number of aromatic nitrogens is 1. The van der Waals surface area contributed by atoms with Crippen LogP contribution in [-0.2, 0) is 6.54 Å². The topological polar surface area (TPSA) is 7.12 Å². The van der Waals surface area contributed by atoms with Crippen molar-refractivity contribution in [2.45, 2.75) is 27.3 Å². The van der Waals surface area contributed by atoms with Gasteiger partial charge in [-0.2, -0.15) is 4.57 Å². The highest BCUT2D eigenvalue weighted by Crippen LogP contribution is 2.10. The summed E-state index contributed by atoms with van der Waals surface area (Å²) in [4.78, 5) is 2.47. The summed E-state index contributed by atoms with van der Waals surface area (Å²) in [7, 11) is 0. The molecule has 0 amide bonds. The predicted octanol–water partition coefficient (Wildman–Crippen LogP) is 2.78. The highest BCUT2D eigenvalue weighted by molar-refractivity contribution is 5.75. The number of fused-ring (bicyclic) bond motifs is 1. The minimum absolute atomic E-state index is 1.06. The molecule has 1 aromatic heterocycles. The highest BCUT2D eigenvalue weighted by atomic mass is 15.1. The zero-order chi connectivity index (χ0) is 13.0. The van der Waals surface area contributed by atoms with Gasteiger partial charge in [-0.1, -0.05) is 26.0 Å². The molecule has 0 atom stereocenters. The van der Waals surface area contributed by atoms with Crippen molar-refractivity contribution in [1.82, 2.24) is 4.90 Å². The molecule has 2 rings (SSSR count). The lowest BCUT2D eigenvalue weighted by atomic mass is 10.2. The van der Waals surface area contributed by atoms with Crippen LogP contribution in [0.4, 0.5) is 0 Å². The molecule has 0 spiro atoms. The second kappa shape index (κ2) is 5.96. The summed E-state index contributed by atoms with van der Waals surface area (Å²) in [6.07, 6.45) is 0. The molecule has 0 aliphatic heterocycles. The molecule has 0 aliphatic carbocycles. The zero-order valence-corrected chi connectivity index (χ0v) is 11.7. The summed E-state index contributed by atoms with van der Waals surface area (Å²) in [5.41, 5.74) is 2.67. The fourth-order valence-electron chi connectivity index (χ4n) is 2.44. The van der Waals surface area contributed by atoms with Crippen molar-refractivity contribution >= 4 is 10.9 Å². The molecule has 0 bridgehead atoms. The fraction of sp³-hybridized carbons (Fsp3) is 0.438. The largest absolute Gasteiger partial charge is 0.298 e.